The fraction of sp³-hybridized carbons (Fsp3) is 0.286. The minimum atomic E-state index is -0.256. The molecule has 5 nitrogen and oxygen atoms in total. The molecule has 3 aromatic rings. The molecule has 0 bridgehead atoms. The molecule has 2 heterocycles. The lowest BCUT2D eigenvalue weighted by atomic mass is 10.1. The van der Waals surface area contributed by atoms with E-state index in [9.17, 15) is 9.18 Å². The Morgan fingerprint density at radius 3 is 2.75 bits per heavy atom. The topological polar surface area (TPSA) is 59.8 Å². The van der Waals surface area contributed by atoms with Crippen molar-refractivity contribution in [2.75, 3.05) is 0 Å². The zero-order valence-corrected chi connectivity index (χ0v) is 18.0. The largest absolute Gasteiger partial charge is 0.352 e. The average molecular weight is 492 g/mol. The predicted octanol–water partition coefficient (Wildman–Crippen LogP) is 3.88. The molecule has 0 aliphatic heterocycles. The Bertz CT molecular complexity index is 972. The van der Waals surface area contributed by atoms with Crippen LogP contribution in [0.4, 0.5) is 4.39 Å². The lowest BCUT2D eigenvalue weighted by Crippen LogP contribution is -2.25. The van der Waals surface area contributed by atoms with Crippen LogP contribution in [0.2, 0.25) is 0 Å². The zero-order chi connectivity index (χ0) is 20.1. The van der Waals surface area contributed by atoms with Crippen LogP contribution in [-0.4, -0.2) is 20.7 Å². The summed E-state index contributed by atoms with van der Waals surface area (Å²) >= 11 is 2.20. The Morgan fingerprint density at radius 1 is 1.21 bits per heavy atom. The summed E-state index contributed by atoms with van der Waals surface area (Å²) in [4.78, 5) is 16.8. The van der Waals surface area contributed by atoms with E-state index in [1.807, 2.05) is 36.7 Å². The van der Waals surface area contributed by atoms with Crippen LogP contribution in [0.25, 0.3) is 0 Å². The number of amides is 1. The molecule has 1 N–H and O–H groups in total. The highest BCUT2D eigenvalue weighted by molar-refractivity contribution is 14.1. The number of carbonyl (C=O) groups is 1. The zero-order valence-electron chi connectivity index (χ0n) is 15.9. The summed E-state index contributed by atoms with van der Waals surface area (Å²) in [5.74, 6) is -0.333. The van der Waals surface area contributed by atoms with Crippen molar-refractivity contribution >= 4 is 28.5 Å². The van der Waals surface area contributed by atoms with E-state index < -0.39 is 0 Å². The van der Waals surface area contributed by atoms with Gasteiger partial charge in [-0.2, -0.15) is 5.10 Å². The Morgan fingerprint density at radius 2 is 2.04 bits per heavy atom. The van der Waals surface area contributed by atoms with Crippen molar-refractivity contribution < 1.29 is 9.18 Å². The molecule has 0 saturated heterocycles. The molecule has 3 rings (SSSR count). The van der Waals surface area contributed by atoms with Crippen molar-refractivity contribution in [2.24, 2.45) is 0 Å². The predicted molar refractivity (Wildman–Crippen MR) is 115 cm³/mol. The van der Waals surface area contributed by atoms with E-state index in [-0.39, 0.29) is 18.1 Å². The summed E-state index contributed by atoms with van der Waals surface area (Å²) < 4.78 is 15.9. The van der Waals surface area contributed by atoms with Gasteiger partial charge in [0.25, 0.3) is 0 Å². The maximum absolute atomic E-state index is 13.4. The van der Waals surface area contributed by atoms with Crippen LogP contribution in [-0.2, 0) is 28.7 Å². The molecule has 0 spiro atoms. The molecule has 7 heteroatoms. The number of carbonyl (C=O) groups excluding carboxylic acids is 1. The van der Waals surface area contributed by atoms with Gasteiger partial charge in [-0.1, -0.05) is 34.7 Å². The molecule has 0 aliphatic rings. The maximum atomic E-state index is 13.4. The molecular weight excluding hydrogens is 470 g/mol. The summed E-state index contributed by atoms with van der Waals surface area (Å²) in [5, 5.41) is 7.51. The van der Waals surface area contributed by atoms with Crippen LogP contribution in [0.3, 0.4) is 0 Å². The molecule has 146 valence electrons. The van der Waals surface area contributed by atoms with E-state index in [0.717, 1.165) is 33.8 Å². The van der Waals surface area contributed by atoms with Crippen LogP contribution in [0, 0.1) is 19.7 Å². The summed E-state index contributed by atoms with van der Waals surface area (Å²) in [6.45, 7) is 4.85. The van der Waals surface area contributed by atoms with Crippen LogP contribution in [0.5, 0.6) is 0 Å². The fourth-order valence-electron chi connectivity index (χ4n) is 3.10. The molecule has 0 fully saturated rings. The molecule has 0 radical (unpaired) electrons. The molecule has 28 heavy (non-hydrogen) atoms. The number of aryl methyl sites for hydroxylation is 1. The van der Waals surface area contributed by atoms with Crippen molar-refractivity contribution in [2.45, 2.75) is 37.8 Å². The van der Waals surface area contributed by atoms with Crippen molar-refractivity contribution in [3.63, 3.8) is 0 Å². The molecule has 0 saturated carbocycles. The van der Waals surface area contributed by atoms with Crippen LogP contribution in [0.1, 0.15) is 33.8 Å². The Kier molecular flexibility index (Phi) is 6.77. The smallest absolute Gasteiger partial charge is 0.224 e. The molecule has 1 aromatic carbocycles. The minimum absolute atomic E-state index is 0.0766. The van der Waals surface area contributed by atoms with Gasteiger partial charge in [0.2, 0.25) is 5.91 Å². The fourth-order valence-corrected chi connectivity index (χ4v) is 3.81. The van der Waals surface area contributed by atoms with Crippen LogP contribution in [0.15, 0.2) is 42.6 Å². The van der Waals surface area contributed by atoms with Crippen molar-refractivity contribution in [3.8, 4) is 0 Å². The average Bonchev–Trinajstić information content (AvgIpc) is 2.95. The van der Waals surface area contributed by atoms with Gasteiger partial charge >= 0.3 is 0 Å². The number of nitrogens with one attached hydrogen (secondary N) is 1. The second kappa shape index (κ2) is 9.27. The highest BCUT2D eigenvalue weighted by Gasteiger charge is 2.16. The lowest BCUT2D eigenvalue weighted by Gasteiger charge is -2.10. The van der Waals surface area contributed by atoms with Gasteiger partial charge in [0.15, 0.2) is 0 Å². The van der Waals surface area contributed by atoms with Gasteiger partial charge in [-0.05, 0) is 49.2 Å². The van der Waals surface area contributed by atoms with Crippen molar-refractivity contribution in [3.05, 3.63) is 82.2 Å². The number of rotatable bonds is 7. The van der Waals surface area contributed by atoms with E-state index in [1.165, 1.54) is 12.1 Å². The monoisotopic (exact) mass is 492 g/mol. The Balaban J connectivity index is 1.66. The first kappa shape index (κ1) is 20.4. The number of hydrogen-bond acceptors (Lipinski definition) is 3. The number of pyridine rings is 1. The van der Waals surface area contributed by atoms with Gasteiger partial charge in [0.05, 0.1) is 24.4 Å². The number of benzene rings is 1. The Labute approximate surface area is 177 Å². The van der Waals surface area contributed by atoms with Gasteiger partial charge in [0, 0.05) is 28.4 Å². The number of alkyl halides is 1. The third kappa shape index (κ3) is 4.95. The van der Waals surface area contributed by atoms with Gasteiger partial charge < -0.3 is 5.32 Å². The van der Waals surface area contributed by atoms with Crippen molar-refractivity contribution in [1.29, 1.82) is 0 Å². The van der Waals surface area contributed by atoms with E-state index in [0.29, 0.717) is 17.5 Å². The SMILES string of the molecule is Cc1nn(Cc2ccccn2)c(C)c1CC(=O)NCc1ccc(F)cc1CI. The van der Waals surface area contributed by atoms with E-state index in [4.69, 9.17) is 0 Å². The highest BCUT2D eigenvalue weighted by Crippen LogP contribution is 2.17. The first-order chi connectivity index (χ1) is 13.5. The molecule has 0 unspecified atom stereocenters. The number of halogens is 2. The van der Waals surface area contributed by atoms with Crippen LogP contribution >= 0.6 is 22.6 Å². The first-order valence-corrected chi connectivity index (χ1v) is 10.5. The van der Waals surface area contributed by atoms with E-state index in [1.54, 1.807) is 12.3 Å². The third-order valence-electron chi connectivity index (χ3n) is 4.69. The molecule has 0 aliphatic carbocycles. The van der Waals surface area contributed by atoms with E-state index >= 15 is 0 Å². The normalized spacial score (nSPS) is 10.9. The summed E-state index contributed by atoms with van der Waals surface area (Å²) in [7, 11) is 0. The second-order valence-electron chi connectivity index (χ2n) is 6.63. The first-order valence-electron chi connectivity index (χ1n) is 9.00. The van der Waals surface area contributed by atoms with Crippen molar-refractivity contribution in [1.82, 2.24) is 20.1 Å². The van der Waals surface area contributed by atoms with Gasteiger partial charge in [0.1, 0.15) is 5.82 Å². The summed E-state index contributed by atoms with van der Waals surface area (Å²) in [6.07, 6.45) is 2.02. The molecule has 0 atom stereocenters. The van der Waals surface area contributed by atoms with Gasteiger partial charge in [-0.3, -0.25) is 14.5 Å². The number of nitrogens with zero attached hydrogens (tertiary/aromatic N) is 3. The Hall–Kier alpha value is -2.29. The summed E-state index contributed by atoms with van der Waals surface area (Å²) in [6, 6.07) is 10.4. The number of hydrogen-bond donors (Lipinski definition) is 1. The highest BCUT2D eigenvalue weighted by atomic mass is 127. The summed E-state index contributed by atoms with van der Waals surface area (Å²) in [5.41, 5.74) is 5.50. The van der Waals surface area contributed by atoms with Gasteiger partial charge in [-0.15, -0.1) is 0 Å². The van der Waals surface area contributed by atoms with Gasteiger partial charge in [-0.25, -0.2) is 4.39 Å². The standard InChI is InChI=1S/C21H22FIN4O/c1-14-20(15(2)27(26-14)13-19-5-3-4-8-24-19)10-21(28)25-12-16-6-7-18(22)9-17(16)11-23/h3-9H,10-13H2,1-2H3,(H,25,28). The third-order valence-corrected chi connectivity index (χ3v) is 5.52. The number of aromatic nitrogens is 3. The minimum Gasteiger partial charge on any atom is -0.352 e. The van der Waals surface area contributed by atoms with Crippen LogP contribution < -0.4 is 5.32 Å². The maximum Gasteiger partial charge on any atom is 0.224 e. The lowest BCUT2D eigenvalue weighted by molar-refractivity contribution is -0.120. The molecule has 1 amide bonds. The molecule has 2 aromatic heterocycles. The second-order valence-corrected chi connectivity index (χ2v) is 7.39. The van der Waals surface area contributed by atoms with E-state index in [2.05, 4.69) is 38.0 Å². The molecular formula is C21H22FIN4O. The quantitative estimate of drug-likeness (QED) is 0.403.